The number of thioether (sulfide) groups is 1. The summed E-state index contributed by atoms with van der Waals surface area (Å²) in [5.41, 5.74) is 0.914. The van der Waals surface area contributed by atoms with Crippen molar-refractivity contribution in [1.82, 2.24) is 0 Å². The molecule has 1 aromatic carbocycles. The summed E-state index contributed by atoms with van der Waals surface area (Å²) in [6.07, 6.45) is 3.82. The molecule has 1 aromatic rings. The molecule has 1 N–H and O–H groups in total. The van der Waals surface area contributed by atoms with Crippen LogP contribution in [0.5, 0.6) is 0 Å². The molecule has 3 nitrogen and oxygen atoms in total. The van der Waals surface area contributed by atoms with Gasteiger partial charge < -0.3 is 10.1 Å². The van der Waals surface area contributed by atoms with Gasteiger partial charge in [-0.25, -0.2) is 4.79 Å². The van der Waals surface area contributed by atoms with Gasteiger partial charge in [0.05, 0.1) is 7.11 Å². The molecule has 0 heterocycles. The van der Waals surface area contributed by atoms with Crippen molar-refractivity contribution in [2.45, 2.75) is 18.9 Å². The monoisotopic (exact) mass is 331 g/mol. The number of rotatable bonds is 7. The Morgan fingerprint density at radius 3 is 2.83 bits per heavy atom. The van der Waals surface area contributed by atoms with E-state index in [0.29, 0.717) is 0 Å². The molecule has 18 heavy (non-hydrogen) atoms. The zero-order chi connectivity index (χ0) is 13.4. The van der Waals surface area contributed by atoms with Gasteiger partial charge in [0.25, 0.3) is 0 Å². The first-order valence-corrected chi connectivity index (χ1v) is 7.95. The van der Waals surface area contributed by atoms with Crippen molar-refractivity contribution >= 4 is 39.3 Å². The first kappa shape index (κ1) is 15.4. The SMILES string of the molecule is COC(=O)C(CCCSC)Nc1ccccc1Br. The van der Waals surface area contributed by atoms with Gasteiger partial charge in [-0.05, 0) is 52.9 Å². The summed E-state index contributed by atoms with van der Waals surface area (Å²) in [7, 11) is 1.42. The fraction of sp³-hybridized carbons (Fsp3) is 0.462. The second-order valence-corrected chi connectivity index (χ2v) is 5.67. The second-order valence-electron chi connectivity index (χ2n) is 3.83. The van der Waals surface area contributed by atoms with Crippen LogP contribution in [0.3, 0.4) is 0 Å². The summed E-state index contributed by atoms with van der Waals surface area (Å²) in [4.78, 5) is 11.7. The molecule has 0 radical (unpaired) electrons. The fourth-order valence-electron chi connectivity index (χ4n) is 1.59. The number of ether oxygens (including phenoxy) is 1. The van der Waals surface area contributed by atoms with Crippen LogP contribution in [-0.4, -0.2) is 31.1 Å². The van der Waals surface area contributed by atoms with Crippen LogP contribution in [0.25, 0.3) is 0 Å². The maximum atomic E-state index is 11.7. The molecule has 0 fully saturated rings. The number of carbonyl (C=O) groups is 1. The van der Waals surface area contributed by atoms with E-state index in [1.165, 1.54) is 7.11 Å². The summed E-state index contributed by atoms with van der Waals surface area (Å²) < 4.78 is 5.78. The normalized spacial score (nSPS) is 11.9. The zero-order valence-corrected chi connectivity index (χ0v) is 13.0. The van der Waals surface area contributed by atoms with E-state index >= 15 is 0 Å². The Hall–Kier alpha value is -0.680. The minimum absolute atomic E-state index is 0.216. The first-order valence-electron chi connectivity index (χ1n) is 5.77. The Labute approximate surface area is 121 Å². The van der Waals surface area contributed by atoms with Crippen LogP contribution in [0.15, 0.2) is 28.7 Å². The van der Waals surface area contributed by atoms with Crippen molar-refractivity contribution in [2.24, 2.45) is 0 Å². The van der Waals surface area contributed by atoms with E-state index in [2.05, 4.69) is 27.5 Å². The third-order valence-corrected chi connectivity index (χ3v) is 3.92. The summed E-state index contributed by atoms with van der Waals surface area (Å²) in [5, 5.41) is 3.23. The van der Waals surface area contributed by atoms with Crippen molar-refractivity contribution in [3.8, 4) is 0 Å². The molecule has 1 unspecified atom stereocenters. The minimum Gasteiger partial charge on any atom is -0.467 e. The van der Waals surface area contributed by atoms with Crippen molar-refractivity contribution in [2.75, 3.05) is 24.4 Å². The van der Waals surface area contributed by atoms with E-state index in [1.54, 1.807) is 11.8 Å². The Balaban J connectivity index is 2.66. The lowest BCUT2D eigenvalue weighted by molar-refractivity contribution is -0.141. The molecular weight excluding hydrogens is 314 g/mol. The third kappa shape index (κ3) is 4.90. The number of hydrogen-bond acceptors (Lipinski definition) is 4. The molecule has 5 heteroatoms. The largest absolute Gasteiger partial charge is 0.467 e. The maximum absolute atomic E-state index is 11.7. The number of esters is 1. The lowest BCUT2D eigenvalue weighted by Gasteiger charge is -2.18. The van der Waals surface area contributed by atoms with E-state index in [0.717, 1.165) is 28.8 Å². The fourth-order valence-corrected chi connectivity index (χ4v) is 2.44. The molecule has 0 aliphatic rings. The molecule has 0 spiro atoms. The molecule has 0 aromatic heterocycles. The van der Waals surface area contributed by atoms with Crippen LogP contribution in [-0.2, 0) is 9.53 Å². The van der Waals surface area contributed by atoms with Crippen molar-refractivity contribution in [3.63, 3.8) is 0 Å². The molecule has 0 aliphatic heterocycles. The Morgan fingerprint density at radius 1 is 1.50 bits per heavy atom. The average molecular weight is 332 g/mol. The summed E-state index contributed by atoms with van der Waals surface area (Å²) >= 11 is 5.24. The number of halogens is 1. The van der Waals surface area contributed by atoms with Crippen molar-refractivity contribution < 1.29 is 9.53 Å². The van der Waals surface area contributed by atoms with Gasteiger partial charge in [0.15, 0.2) is 0 Å². The van der Waals surface area contributed by atoms with E-state index < -0.39 is 0 Å². The number of nitrogens with one attached hydrogen (secondary N) is 1. The van der Waals surface area contributed by atoms with E-state index in [1.807, 2.05) is 24.3 Å². The van der Waals surface area contributed by atoms with Crippen molar-refractivity contribution in [3.05, 3.63) is 28.7 Å². The second kappa shape index (κ2) is 8.43. The molecule has 0 saturated carbocycles. The van der Waals surface area contributed by atoms with Crippen LogP contribution >= 0.6 is 27.7 Å². The van der Waals surface area contributed by atoms with E-state index in [9.17, 15) is 4.79 Å². The van der Waals surface area contributed by atoms with E-state index in [-0.39, 0.29) is 12.0 Å². The highest BCUT2D eigenvalue weighted by molar-refractivity contribution is 9.10. The Bertz CT molecular complexity index is 387. The first-order chi connectivity index (χ1) is 8.69. The Morgan fingerprint density at radius 2 is 2.22 bits per heavy atom. The lowest BCUT2D eigenvalue weighted by Crippen LogP contribution is -2.30. The van der Waals surface area contributed by atoms with Crippen LogP contribution in [0.1, 0.15) is 12.8 Å². The zero-order valence-electron chi connectivity index (χ0n) is 10.6. The van der Waals surface area contributed by atoms with Crippen LogP contribution < -0.4 is 5.32 Å². The van der Waals surface area contributed by atoms with E-state index in [4.69, 9.17) is 4.74 Å². The van der Waals surface area contributed by atoms with Crippen LogP contribution in [0, 0.1) is 0 Å². The van der Waals surface area contributed by atoms with Crippen LogP contribution in [0.4, 0.5) is 5.69 Å². The quantitative estimate of drug-likeness (QED) is 0.612. The number of carbonyl (C=O) groups excluding carboxylic acids is 1. The van der Waals surface area contributed by atoms with Gasteiger partial charge in [-0.1, -0.05) is 12.1 Å². The van der Waals surface area contributed by atoms with Gasteiger partial charge in [0, 0.05) is 10.2 Å². The van der Waals surface area contributed by atoms with Gasteiger partial charge in [-0.3, -0.25) is 0 Å². The van der Waals surface area contributed by atoms with Crippen molar-refractivity contribution in [1.29, 1.82) is 0 Å². The van der Waals surface area contributed by atoms with Gasteiger partial charge in [-0.15, -0.1) is 0 Å². The average Bonchev–Trinajstić information content (AvgIpc) is 2.39. The minimum atomic E-state index is -0.291. The number of anilines is 1. The lowest BCUT2D eigenvalue weighted by atomic mass is 10.1. The molecule has 0 saturated heterocycles. The molecule has 1 atom stereocenters. The molecule has 0 bridgehead atoms. The predicted octanol–water partition coefficient (Wildman–Crippen LogP) is 3.55. The highest BCUT2D eigenvalue weighted by atomic mass is 79.9. The van der Waals surface area contributed by atoms with Gasteiger partial charge in [0.1, 0.15) is 6.04 Å². The molecular formula is C13H18BrNO2S. The molecule has 0 amide bonds. The number of para-hydroxylation sites is 1. The summed E-state index contributed by atoms with van der Waals surface area (Å²) in [6, 6.07) is 7.47. The molecule has 1 rings (SSSR count). The number of methoxy groups -OCH3 is 1. The summed E-state index contributed by atoms with van der Waals surface area (Å²) in [6.45, 7) is 0. The number of benzene rings is 1. The highest BCUT2D eigenvalue weighted by Crippen LogP contribution is 2.23. The maximum Gasteiger partial charge on any atom is 0.328 e. The smallest absolute Gasteiger partial charge is 0.328 e. The highest BCUT2D eigenvalue weighted by Gasteiger charge is 2.19. The topological polar surface area (TPSA) is 38.3 Å². The standard InChI is InChI=1S/C13H18BrNO2S/c1-17-13(16)12(8-5-9-18-2)15-11-7-4-3-6-10(11)14/h3-4,6-7,12,15H,5,8-9H2,1-2H3. The van der Waals surface area contributed by atoms with Gasteiger partial charge in [-0.2, -0.15) is 11.8 Å². The van der Waals surface area contributed by atoms with Gasteiger partial charge in [0.2, 0.25) is 0 Å². The number of hydrogen-bond donors (Lipinski definition) is 1. The Kier molecular flexibility index (Phi) is 7.20. The predicted molar refractivity (Wildman–Crippen MR) is 81.2 cm³/mol. The van der Waals surface area contributed by atoms with Crippen LogP contribution in [0.2, 0.25) is 0 Å². The third-order valence-electron chi connectivity index (χ3n) is 2.53. The van der Waals surface area contributed by atoms with Gasteiger partial charge >= 0.3 is 5.97 Å². The molecule has 100 valence electrons. The molecule has 0 aliphatic carbocycles. The summed E-state index contributed by atoms with van der Waals surface area (Å²) in [5.74, 6) is 0.831.